The number of hydrogen-bond donors (Lipinski definition) is 2. The number of nitrogens with zero attached hydrogens (tertiary/aromatic N) is 1. The standard InChI is InChI=1S/C18H15ClF3N3O3/c1-11(12-2-6-14(7-3-12)23-17(27)18(20,21)22)24-25-16(26)10-28-15-8-4-13(19)5-9-15/h2-9H,10H2,1H3,(H,23,27)(H,25,26). The molecule has 0 saturated carbocycles. The summed E-state index contributed by atoms with van der Waals surface area (Å²) in [5.41, 5.74) is 3.25. The monoisotopic (exact) mass is 413 g/mol. The van der Waals surface area contributed by atoms with Crippen molar-refractivity contribution in [1.29, 1.82) is 0 Å². The van der Waals surface area contributed by atoms with Gasteiger partial charge in [0.2, 0.25) is 0 Å². The minimum atomic E-state index is -4.96. The molecule has 0 aliphatic rings. The third-order valence-electron chi connectivity index (χ3n) is 3.35. The van der Waals surface area contributed by atoms with Crippen molar-refractivity contribution in [3.63, 3.8) is 0 Å². The Hall–Kier alpha value is -3.07. The lowest BCUT2D eigenvalue weighted by atomic mass is 10.1. The molecule has 0 bridgehead atoms. The van der Waals surface area contributed by atoms with Crippen LogP contribution in [0.2, 0.25) is 5.02 Å². The molecule has 6 nitrogen and oxygen atoms in total. The number of anilines is 1. The van der Waals surface area contributed by atoms with Crippen molar-refractivity contribution in [1.82, 2.24) is 5.43 Å². The first-order valence-electron chi connectivity index (χ1n) is 7.85. The van der Waals surface area contributed by atoms with Crippen LogP contribution < -0.4 is 15.5 Å². The molecule has 0 heterocycles. The van der Waals surface area contributed by atoms with E-state index in [4.69, 9.17) is 16.3 Å². The van der Waals surface area contributed by atoms with E-state index in [9.17, 15) is 22.8 Å². The van der Waals surface area contributed by atoms with Crippen LogP contribution in [-0.2, 0) is 9.59 Å². The molecule has 28 heavy (non-hydrogen) atoms. The molecule has 0 aliphatic heterocycles. The molecular formula is C18H15ClF3N3O3. The smallest absolute Gasteiger partial charge is 0.471 e. The number of alkyl halides is 3. The van der Waals surface area contributed by atoms with E-state index in [0.717, 1.165) is 0 Å². The zero-order valence-electron chi connectivity index (χ0n) is 14.5. The summed E-state index contributed by atoms with van der Waals surface area (Å²) in [6.45, 7) is 1.34. The van der Waals surface area contributed by atoms with E-state index in [1.807, 2.05) is 0 Å². The number of nitrogens with one attached hydrogen (secondary N) is 2. The SMILES string of the molecule is CC(=NNC(=O)COc1ccc(Cl)cc1)c1ccc(NC(=O)C(F)(F)F)cc1. The quantitative estimate of drug-likeness (QED) is 0.559. The highest BCUT2D eigenvalue weighted by atomic mass is 35.5. The third-order valence-corrected chi connectivity index (χ3v) is 3.60. The summed E-state index contributed by atoms with van der Waals surface area (Å²) in [4.78, 5) is 22.7. The van der Waals surface area contributed by atoms with E-state index >= 15 is 0 Å². The number of hydrogen-bond acceptors (Lipinski definition) is 4. The Kier molecular flexibility index (Phi) is 7.00. The Morgan fingerprint density at radius 2 is 1.68 bits per heavy atom. The molecule has 0 radical (unpaired) electrons. The number of rotatable bonds is 6. The number of carbonyl (C=O) groups excluding carboxylic acids is 2. The van der Waals surface area contributed by atoms with Crippen LogP contribution in [0.15, 0.2) is 53.6 Å². The topological polar surface area (TPSA) is 79.8 Å². The molecule has 2 aromatic carbocycles. The van der Waals surface area contributed by atoms with Gasteiger partial charge in [-0.3, -0.25) is 9.59 Å². The molecule has 10 heteroatoms. The summed E-state index contributed by atoms with van der Waals surface area (Å²) in [7, 11) is 0. The third kappa shape index (κ3) is 6.58. The lowest BCUT2D eigenvalue weighted by Gasteiger charge is -2.09. The normalized spacial score (nSPS) is 11.7. The lowest BCUT2D eigenvalue weighted by Crippen LogP contribution is -2.29. The van der Waals surface area contributed by atoms with Gasteiger partial charge in [-0.2, -0.15) is 18.3 Å². The molecular weight excluding hydrogens is 399 g/mol. The molecule has 148 valence electrons. The fraction of sp³-hybridized carbons (Fsp3) is 0.167. The fourth-order valence-corrected chi connectivity index (χ4v) is 2.05. The van der Waals surface area contributed by atoms with Crippen molar-refractivity contribution >= 4 is 34.8 Å². The second-order valence-corrected chi connectivity index (χ2v) is 5.94. The van der Waals surface area contributed by atoms with E-state index in [2.05, 4.69) is 10.5 Å². The van der Waals surface area contributed by atoms with Crippen molar-refractivity contribution in [2.24, 2.45) is 5.10 Å². The van der Waals surface area contributed by atoms with Gasteiger partial charge >= 0.3 is 12.1 Å². The van der Waals surface area contributed by atoms with Crippen molar-refractivity contribution in [3.8, 4) is 5.75 Å². The Labute approximate surface area is 163 Å². The van der Waals surface area contributed by atoms with Gasteiger partial charge in [0.1, 0.15) is 5.75 Å². The van der Waals surface area contributed by atoms with Crippen LogP contribution in [0.4, 0.5) is 18.9 Å². The van der Waals surface area contributed by atoms with Crippen molar-refractivity contribution in [3.05, 3.63) is 59.1 Å². The molecule has 0 fully saturated rings. The highest BCUT2D eigenvalue weighted by Gasteiger charge is 2.38. The Balaban J connectivity index is 1.87. The van der Waals surface area contributed by atoms with Gasteiger partial charge in [0.15, 0.2) is 6.61 Å². The molecule has 0 unspecified atom stereocenters. The molecule has 2 rings (SSSR count). The fourth-order valence-electron chi connectivity index (χ4n) is 1.92. The van der Waals surface area contributed by atoms with Gasteiger partial charge in [-0.25, -0.2) is 5.43 Å². The largest absolute Gasteiger partial charge is 0.484 e. The molecule has 0 spiro atoms. The van der Waals surface area contributed by atoms with Gasteiger partial charge in [0.25, 0.3) is 5.91 Å². The van der Waals surface area contributed by atoms with Crippen LogP contribution in [0.3, 0.4) is 0 Å². The maximum Gasteiger partial charge on any atom is 0.471 e. The number of halogens is 4. The Morgan fingerprint density at radius 3 is 2.25 bits per heavy atom. The van der Waals surface area contributed by atoms with E-state index in [1.165, 1.54) is 24.3 Å². The zero-order chi connectivity index (χ0) is 20.7. The average Bonchev–Trinajstić information content (AvgIpc) is 2.65. The van der Waals surface area contributed by atoms with Gasteiger partial charge < -0.3 is 10.1 Å². The number of amides is 2. The van der Waals surface area contributed by atoms with Crippen molar-refractivity contribution in [2.45, 2.75) is 13.1 Å². The predicted octanol–water partition coefficient (Wildman–Crippen LogP) is 3.76. The van der Waals surface area contributed by atoms with Gasteiger partial charge in [-0.05, 0) is 48.9 Å². The van der Waals surface area contributed by atoms with Crippen LogP contribution in [0, 0.1) is 0 Å². The van der Waals surface area contributed by atoms with E-state index in [0.29, 0.717) is 22.0 Å². The summed E-state index contributed by atoms with van der Waals surface area (Å²) >= 11 is 5.75. The molecule has 0 aromatic heterocycles. The first kappa shape index (κ1) is 21.2. The van der Waals surface area contributed by atoms with Crippen molar-refractivity contribution < 1.29 is 27.5 Å². The van der Waals surface area contributed by atoms with Gasteiger partial charge in [0, 0.05) is 10.7 Å². The zero-order valence-corrected chi connectivity index (χ0v) is 15.3. The van der Waals surface area contributed by atoms with Crippen molar-refractivity contribution in [2.75, 3.05) is 11.9 Å². The molecule has 2 aromatic rings. The molecule has 0 aliphatic carbocycles. The Bertz CT molecular complexity index is 866. The summed E-state index contributed by atoms with van der Waals surface area (Å²) < 4.78 is 41.9. The predicted molar refractivity (Wildman–Crippen MR) is 98.4 cm³/mol. The van der Waals surface area contributed by atoms with E-state index in [1.54, 1.807) is 36.5 Å². The number of hydrazone groups is 1. The molecule has 2 N–H and O–H groups in total. The van der Waals surface area contributed by atoms with Crippen LogP contribution in [0.25, 0.3) is 0 Å². The summed E-state index contributed by atoms with van der Waals surface area (Å²) in [6.07, 6.45) is -4.96. The highest BCUT2D eigenvalue weighted by Crippen LogP contribution is 2.19. The summed E-state index contributed by atoms with van der Waals surface area (Å²) in [5.74, 6) is -2.08. The second-order valence-electron chi connectivity index (χ2n) is 5.50. The van der Waals surface area contributed by atoms with Crippen LogP contribution in [0.5, 0.6) is 5.75 Å². The lowest BCUT2D eigenvalue weighted by molar-refractivity contribution is -0.167. The number of carbonyl (C=O) groups is 2. The van der Waals surface area contributed by atoms with Crippen LogP contribution in [0.1, 0.15) is 12.5 Å². The molecule has 0 saturated heterocycles. The van der Waals surface area contributed by atoms with Gasteiger partial charge in [-0.15, -0.1) is 0 Å². The average molecular weight is 414 g/mol. The minimum Gasteiger partial charge on any atom is -0.484 e. The maximum atomic E-state index is 12.2. The molecule has 2 amide bonds. The first-order chi connectivity index (χ1) is 13.1. The summed E-state index contributed by atoms with van der Waals surface area (Å²) in [5, 5.41) is 6.18. The number of ether oxygens (including phenoxy) is 1. The van der Waals surface area contributed by atoms with Crippen LogP contribution in [-0.4, -0.2) is 30.3 Å². The van der Waals surface area contributed by atoms with E-state index in [-0.39, 0.29) is 12.3 Å². The Morgan fingerprint density at radius 1 is 1.07 bits per heavy atom. The van der Waals surface area contributed by atoms with Gasteiger partial charge in [0.05, 0.1) is 5.71 Å². The maximum absolute atomic E-state index is 12.2. The minimum absolute atomic E-state index is 0.0146. The first-order valence-corrected chi connectivity index (χ1v) is 8.23. The highest BCUT2D eigenvalue weighted by molar-refractivity contribution is 6.30. The molecule has 0 atom stereocenters. The van der Waals surface area contributed by atoms with E-state index < -0.39 is 18.0 Å². The summed E-state index contributed by atoms with van der Waals surface area (Å²) in [6, 6.07) is 12.0. The second kappa shape index (κ2) is 9.23. The van der Waals surface area contributed by atoms with Gasteiger partial charge in [-0.1, -0.05) is 23.7 Å². The number of benzene rings is 2. The van der Waals surface area contributed by atoms with Crippen LogP contribution >= 0.6 is 11.6 Å².